The third-order valence-corrected chi connectivity index (χ3v) is 2.10. The molecular formula is C10H8N4O4. The smallest absolute Gasteiger partial charge is 0.353 e. The molecular weight excluding hydrogens is 240 g/mol. The Kier molecular flexibility index (Phi) is 2.92. The number of carboxylic acid groups (broad SMARTS) is 1. The first kappa shape index (κ1) is 11.6. The van der Waals surface area contributed by atoms with E-state index in [2.05, 4.69) is 20.5 Å². The lowest BCUT2D eigenvalue weighted by molar-refractivity contribution is 0.0690. The summed E-state index contributed by atoms with van der Waals surface area (Å²) in [7, 11) is 0. The monoisotopic (exact) mass is 248 g/mol. The third kappa shape index (κ3) is 2.43. The van der Waals surface area contributed by atoms with Gasteiger partial charge in [0.2, 0.25) is 5.56 Å². The summed E-state index contributed by atoms with van der Waals surface area (Å²) in [5.74, 6) is -1.59. The molecule has 18 heavy (non-hydrogen) atoms. The van der Waals surface area contributed by atoms with Crippen LogP contribution in [0.4, 0.5) is 5.82 Å². The van der Waals surface area contributed by atoms with Gasteiger partial charge >= 0.3 is 5.97 Å². The fourth-order valence-corrected chi connectivity index (χ4v) is 1.24. The zero-order chi connectivity index (χ0) is 13.1. The van der Waals surface area contributed by atoms with E-state index < -0.39 is 11.9 Å². The molecule has 0 atom stereocenters. The highest BCUT2D eigenvalue weighted by Crippen LogP contribution is 2.07. The predicted molar refractivity (Wildman–Crippen MR) is 60.6 cm³/mol. The van der Waals surface area contributed by atoms with Crippen LogP contribution in [0.5, 0.6) is 0 Å². The van der Waals surface area contributed by atoms with Crippen LogP contribution in [0.15, 0.2) is 29.2 Å². The van der Waals surface area contributed by atoms with Crippen molar-refractivity contribution in [1.29, 1.82) is 0 Å². The lowest BCUT2D eigenvalue weighted by Crippen LogP contribution is -2.14. The van der Waals surface area contributed by atoms with Gasteiger partial charge in [-0.05, 0) is 6.07 Å². The van der Waals surface area contributed by atoms with E-state index in [9.17, 15) is 14.4 Å². The first-order chi connectivity index (χ1) is 8.56. The summed E-state index contributed by atoms with van der Waals surface area (Å²) in [5, 5.41) is 16.9. The number of rotatable bonds is 3. The van der Waals surface area contributed by atoms with Crippen LogP contribution in [-0.4, -0.2) is 32.2 Å². The number of nitrogens with zero attached hydrogens (tertiary/aromatic N) is 1. The first-order valence-electron chi connectivity index (χ1n) is 4.85. The number of anilines is 1. The van der Waals surface area contributed by atoms with Crippen molar-refractivity contribution in [2.24, 2.45) is 0 Å². The molecule has 2 aromatic rings. The Labute approximate surface area is 99.7 Å². The molecule has 0 aromatic carbocycles. The summed E-state index contributed by atoms with van der Waals surface area (Å²) >= 11 is 0. The lowest BCUT2D eigenvalue weighted by Gasteiger charge is -2.00. The zero-order valence-corrected chi connectivity index (χ0v) is 8.93. The van der Waals surface area contributed by atoms with Crippen LogP contribution in [0.25, 0.3) is 0 Å². The SMILES string of the molecule is O=C(Nc1cc(C(=O)O)[nH]n1)c1ccc(=O)[nH]c1. The van der Waals surface area contributed by atoms with Crippen molar-refractivity contribution in [3.8, 4) is 0 Å². The molecule has 1 amide bonds. The van der Waals surface area contributed by atoms with Gasteiger partial charge in [-0.2, -0.15) is 5.10 Å². The van der Waals surface area contributed by atoms with E-state index in [1.807, 2.05) is 0 Å². The molecule has 92 valence electrons. The third-order valence-electron chi connectivity index (χ3n) is 2.10. The largest absolute Gasteiger partial charge is 0.477 e. The highest BCUT2D eigenvalue weighted by Gasteiger charge is 2.11. The van der Waals surface area contributed by atoms with Gasteiger partial charge in [-0.1, -0.05) is 0 Å². The Morgan fingerprint density at radius 3 is 2.67 bits per heavy atom. The van der Waals surface area contributed by atoms with Gasteiger partial charge in [0.1, 0.15) is 5.69 Å². The number of carbonyl (C=O) groups is 2. The highest BCUT2D eigenvalue weighted by atomic mass is 16.4. The minimum atomic E-state index is -1.17. The molecule has 2 aromatic heterocycles. The quantitative estimate of drug-likeness (QED) is 0.610. The standard InChI is InChI=1S/C10H8N4O4/c15-8-2-1-5(4-11-8)9(16)12-7-3-6(10(17)18)13-14-7/h1-4H,(H,11,15)(H,17,18)(H2,12,13,14,16). The van der Waals surface area contributed by atoms with Gasteiger partial charge < -0.3 is 15.4 Å². The Bertz CT molecular complexity index is 637. The molecule has 8 nitrogen and oxygen atoms in total. The average Bonchev–Trinajstić information content (AvgIpc) is 2.78. The molecule has 2 heterocycles. The summed E-state index contributed by atoms with van der Waals surface area (Å²) in [6.45, 7) is 0. The van der Waals surface area contributed by atoms with E-state index in [1.165, 1.54) is 24.4 Å². The molecule has 0 aliphatic rings. The van der Waals surface area contributed by atoms with E-state index in [0.717, 1.165) is 0 Å². The Morgan fingerprint density at radius 1 is 1.33 bits per heavy atom. The number of H-pyrrole nitrogens is 2. The second-order valence-electron chi connectivity index (χ2n) is 3.37. The van der Waals surface area contributed by atoms with Crippen molar-refractivity contribution in [2.75, 3.05) is 5.32 Å². The topological polar surface area (TPSA) is 128 Å². The summed E-state index contributed by atoms with van der Waals surface area (Å²) in [6.07, 6.45) is 1.25. The van der Waals surface area contributed by atoms with Crippen LogP contribution in [0, 0.1) is 0 Å². The van der Waals surface area contributed by atoms with Gasteiger partial charge in [0.15, 0.2) is 5.82 Å². The van der Waals surface area contributed by atoms with Crippen molar-refractivity contribution >= 4 is 17.7 Å². The Balaban J connectivity index is 2.13. The number of carboxylic acids is 1. The number of pyridine rings is 1. The first-order valence-corrected chi connectivity index (χ1v) is 4.85. The number of nitrogens with one attached hydrogen (secondary N) is 3. The van der Waals surface area contributed by atoms with Crippen molar-refractivity contribution in [3.63, 3.8) is 0 Å². The molecule has 0 fully saturated rings. The number of carbonyl (C=O) groups excluding carboxylic acids is 1. The van der Waals surface area contributed by atoms with Crippen molar-refractivity contribution in [3.05, 3.63) is 46.0 Å². The Morgan fingerprint density at radius 2 is 2.11 bits per heavy atom. The molecule has 0 aliphatic carbocycles. The molecule has 0 spiro atoms. The number of aromatic carboxylic acids is 1. The fourth-order valence-electron chi connectivity index (χ4n) is 1.24. The second-order valence-corrected chi connectivity index (χ2v) is 3.37. The molecule has 2 rings (SSSR count). The molecule has 0 aliphatic heterocycles. The second kappa shape index (κ2) is 4.53. The van der Waals surface area contributed by atoms with E-state index in [1.54, 1.807) is 0 Å². The van der Waals surface area contributed by atoms with E-state index in [-0.39, 0.29) is 22.6 Å². The van der Waals surface area contributed by atoms with Crippen LogP contribution >= 0.6 is 0 Å². The minimum Gasteiger partial charge on any atom is -0.477 e. The summed E-state index contributed by atoms with van der Waals surface area (Å²) in [6, 6.07) is 3.74. The molecule has 0 saturated carbocycles. The van der Waals surface area contributed by atoms with Crippen LogP contribution in [0.2, 0.25) is 0 Å². The van der Waals surface area contributed by atoms with Crippen molar-refractivity contribution < 1.29 is 14.7 Å². The number of hydrogen-bond acceptors (Lipinski definition) is 4. The van der Waals surface area contributed by atoms with Gasteiger partial charge in [0.05, 0.1) is 5.56 Å². The zero-order valence-electron chi connectivity index (χ0n) is 8.93. The fraction of sp³-hybridized carbons (Fsp3) is 0. The molecule has 0 radical (unpaired) electrons. The van der Waals surface area contributed by atoms with Crippen LogP contribution in [0.3, 0.4) is 0 Å². The van der Waals surface area contributed by atoms with E-state index in [4.69, 9.17) is 5.11 Å². The Hall–Kier alpha value is -2.90. The van der Waals surface area contributed by atoms with Crippen molar-refractivity contribution in [2.45, 2.75) is 0 Å². The number of aromatic amines is 2. The highest BCUT2D eigenvalue weighted by molar-refractivity contribution is 6.03. The molecule has 8 heteroatoms. The minimum absolute atomic E-state index is 0.0867. The number of amides is 1. The molecule has 0 unspecified atom stereocenters. The van der Waals surface area contributed by atoms with Gasteiger partial charge in [-0.15, -0.1) is 0 Å². The van der Waals surface area contributed by atoms with E-state index in [0.29, 0.717) is 0 Å². The van der Waals surface area contributed by atoms with Crippen molar-refractivity contribution in [1.82, 2.24) is 15.2 Å². The average molecular weight is 248 g/mol. The van der Waals surface area contributed by atoms with Gasteiger partial charge in [0, 0.05) is 18.3 Å². The number of aromatic nitrogens is 3. The van der Waals surface area contributed by atoms with Crippen LogP contribution in [0.1, 0.15) is 20.8 Å². The molecule has 4 N–H and O–H groups in total. The maximum absolute atomic E-state index is 11.7. The van der Waals surface area contributed by atoms with E-state index >= 15 is 0 Å². The maximum Gasteiger partial charge on any atom is 0.353 e. The van der Waals surface area contributed by atoms with Gasteiger partial charge in [-0.25, -0.2) is 4.79 Å². The molecule has 0 bridgehead atoms. The lowest BCUT2D eigenvalue weighted by atomic mass is 10.2. The molecule has 0 saturated heterocycles. The van der Waals surface area contributed by atoms with Gasteiger partial charge in [0.25, 0.3) is 5.91 Å². The van der Waals surface area contributed by atoms with Crippen LogP contribution in [-0.2, 0) is 0 Å². The van der Waals surface area contributed by atoms with Gasteiger partial charge in [-0.3, -0.25) is 14.7 Å². The van der Waals surface area contributed by atoms with Crippen LogP contribution < -0.4 is 10.9 Å². The summed E-state index contributed by atoms with van der Waals surface area (Å²) in [5.41, 5.74) is -0.222. The predicted octanol–water partition coefficient (Wildman–Crippen LogP) is 0.0485. The summed E-state index contributed by atoms with van der Waals surface area (Å²) in [4.78, 5) is 35.4. The number of hydrogen-bond donors (Lipinski definition) is 4. The maximum atomic E-state index is 11.7. The summed E-state index contributed by atoms with van der Waals surface area (Å²) < 4.78 is 0. The normalized spacial score (nSPS) is 10.0.